The minimum atomic E-state index is 0.627. The van der Waals surface area contributed by atoms with Crippen molar-refractivity contribution in [1.82, 2.24) is 10.2 Å². The Kier molecular flexibility index (Phi) is 6.92. The van der Waals surface area contributed by atoms with Gasteiger partial charge in [-0.1, -0.05) is 36.4 Å². The molecule has 1 aliphatic heterocycles. The maximum atomic E-state index is 5.38. The van der Waals surface area contributed by atoms with Gasteiger partial charge in [-0.25, -0.2) is 0 Å². The molecule has 2 aromatic rings. The van der Waals surface area contributed by atoms with Gasteiger partial charge in [0.1, 0.15) is 0 Å². The first-order valence-electron chi connectivity index (χ1n) is 9.49. The second-order valence-electron chi connectivity index (χ2n) is 6.93. The van der Waals surface area contributed by atoms with E-state index in [2.05, 4.69) is 52.7 Å². The van der Waals surface area contributed by atoms with Gasteiger partial charge in [-0.15, -0.1) is 0 Å². The highest BCUT2D eigenvalue weighted by Crippen LogP contribution is 2.27. The summed E-state index contributed by atoms with van der Waals surface area (Å²) in [6, 6.07) is 17.6. The average molecular weight is 354 g/mol. The fourth-order valence-corrected chi connectivity index (χ4v) is 3.59. The summed E-state index contributed by atoms with van der Waals surface area (Å²) in [5, 5.41) is 3.72. The Hall–Kier alpha value is -2.04. The van der Waals surface area contributed by atoms with Crippen LogP contribution >= 0.6 is 0 Å². The van der Waals surface area contributed by atoms with Gasteiger partial charge in [-0.3, -0.25) is 4.90 Å². The van der Waals surface area contributed by atoms with E-state index in [0.29, 0.717) is 6.04 Å². The molecule has 1 aliphatic rings. The molecule has 0 aliphatic carbocycles. The van der Waals surface area contributed by atoms with Gasteiger partial charge in [-0.2, -0.15) is 0 Å². The molecule has 0 amide bonds. The standard InChI is InChI=1S/C22H30N2O2/c1-25-21-9-8-18(16-22(21)26-2)10-13-23-20-11-14-24(15-12-20)17-19-6-4-3-5-7-19/h3-9,16,20,23H,10-15,17H2,1-2H3. The average Bonchev–Trinajstić information content (AvgIpc) is 2.70. The first kappa shape index (κ1) is 18.7. The van der Waals surface area contributed by atoms with Crippen LogP contribution in [0.15, 0.2) is 48.5 Å². The molecular weight excluding hydrogens is 324 g/mol. The van der Waals surface area contributed by atoms with E-state index in [-0.39, 0.29) is 0 Å². The molecule has 0 spiro atoms. The van der Waals surface area contributed by atoms with Crippen LogP contribution in [-0.4, -0.2) is 44.8 Å². The first-order valence-corrected chi connectivity index (χ1v) is 9.49. The van der Waals surface area contributed by atoms with Crippen molar-refractivity contribution >= 4 is 0 Å². The monoisotopic (exact) mass is 354 g/mol. The molecule has 0 bridgehead atoms. The van der Waals surface area contributed by atoms with Gasteiger partial charge in [0.25, 0.3) is 0 Å². The van der Waals surface area contributed by atoms with Crippen molar-refractivity contribution in [3.63, 3.8) is 0 Å². The predicted octanol–water partition coefficient (Wildman–Crippen LogP) is 3.50. The summed E-state index contributed by atoms with van der Waals surface area (Å²) in [4.78, 5) is 2.56. The highest BCUT2D eigenvalue weighted by atomic mass is 16.5. The van der Waals surface area contributed by atoms with E-state index in [0.717, 1.165) is 31.0 Å². The number of piperidine rings is 1. The molecule has 26 heavy (non-hydrogen) atoms. The smallest absolute Gasteiger partial charge is 0.160 e. The van der Waals surface area contributed by atoms with E-state index in [1.807, 2.05) is 6.07 Å². The van der Waals surface area contributed by atoms with Crippen LogP contribution < -0.4 is 14.8 Å². The summed E-state index contributed by atoms with van der Waals surface area (Å²) in [6.07, 6.45) is 3.45. The number of rotatable bonds is 8. The van der Waals surface area contributed by atoms with Crippen LogP contribution in [0.4, 0.5) is 0 Å². The van der Waals surface area contributed by atoms with Crippen LogP contribution in [-0.2, 0) is 13.0 Å². The van der Waals surface area contributed by atoms with Crippen LogP contribution in [0, 0.1) is 0 Å². The lowest BCUT2D eigenvalue weighted by Gasteiger charge is -2.32. The van der Waals surface area contributed by atoms with Gasteiger partial charge in [0.2, 0.25) is 0 Å². The summed E-state index contributed by atoms with van der Waals surface area (Å²) in [6.45, 7) is 4.41. The molecule has 1 saturated heterocycles. The van der Waals surface area contributed by atoms with E-state index >= 15 is 0 Å². The summed E-state index contributed by atoms with van der Waals surface area (Å²) >= 11 is 0. The Morgan fingerprint density at radius 2 is 1.65 bits per heavy atom. The van der Waals surface area contributed by atoms with E-state index in [4.69, 9.17) is 9.47 Å². The third-order valence-corrected chi connectivity index (χ3v) is 5.13. The van der Waals surface area contributed by atoms with E-state index < -0.39 is 0 Å². The van der Waals surface area contributed by atoms with Gasteiger partial charge >= 0.3 is 0 Å². The molecule has 0 aromatic heterocycles. The minimum Gasteiger partial charge on any atom is -0.493 e. The molecule has 0 saturated carbocycles. The number of ether oxygens (including phenoxy) is 2. The highest BCUT2D eigenvalue weighted by Gasteiger charge is 2.18. The molecule has 4 nitrogen and oxygen atoms in total. The van der Waals surface area contributed by atoms with Crippen molar-refractivity contribution in [1.29, 1.82) is 0 Å². The molecular formula is C22H30N2O2. The van der Waals surface area contributed by atoms with Crippen LogP contribution in [0.25, 0.3) is 0 Å². The fourth-order valence-electron chi connectivity index (χ4n) is 3.59. The van der Waals surface area contributed by atoms with Crippen molar-refractivity contribution < 1.29 is 9.47 Å². The van der Waals surface area contributed by atoms with Crippen molar-refractivity contribution in [3.05, 3.63) is 59.7 Å². The third kappa shape index (κ3) is 5.23. The van der Waals surface area contributed by atoms with Crippen LogP contribution in [0.5, 0.6) is 11.5 Å². The molecule has 4 heteroatoms. The number of nitrogens with one attached hydrogen (secondary N) is 1. The van der Waals surface area contributed by atoms with Crippen LogP contribution in [0.3, 0.4) is 0 Å². The lowest BCUT2D eigenvalue weighted by molar-refractivity contribution is 0.191. The Morgan fingerprint density at radius 3 is 2.35 bits per heavy atom. The molecule has 1 heterocycles. The van der Waals surface area contributed by atoms with E-state index in [9.17, 15) is 0 Å². The Balaban J connectivity index is 1.39. The number of likely N-dealkylation sites (tertiary alicyclic amines) is 1. The van der Waals surface area contributed by atoms with Crippen LogP contribution in [0.2, 0.25) is 0 Å². The van der Waals surface area contributed by atoms with Crippen LogP contribution in [0.1, 0.15) is 24.0 Å². The summed E-state index contributed by atoms with van der Waals surface area (Å²) in [7, 11) is 3.35. The van der Waals surface area contributed by atoms with E-state index in [1.165, 1.54) is 37.1 Å². The van der Waals surface area contributed by atoms with Crippen molar-refractivity contribution in [2.45, 2.75) is 31.8 Å². The molecule has 3 rings (SSSR count). The second kappa shape index (κ2) is 9.60. The molecule has 0 radical (unpaired) electrons. The largest absolute Gasteiger partial charge is 0.493 e. The van der Waals surface area contributed by atoms with Gasteiger partial charge < -0.3 is 14.8 Å². The molecule has 1 fully saturated rings. The zero-order chi connectivity index (χ0) is 18.2. The Labute approximate surface area is 157 Å². The van der Waals surface area contributed by atoms with Gasteiger partial charge in [0, 0.05) is 12.6 Å². The molecule has 0 unspecified atom stereocenters. The number of benzene rings is 2. The van der Waals surface area contributed by atoms with Crippen molar-refractivity contribution in [2.24, 2.45) is 0 Å². The number of hydrogen-bond acceptors (Lipinski definition) is 4. The normalized spacial score (nSPS) is 15.8. The highest BCUT2D eigenvalue weighted by molar-refractivity contribution is 5.42. The summed E-state index contributed by atoms with van der Waals surface area (Å²) < 4.78 is 10.7. The zero-order valence-electron chi connectivity index (χ0n) is 15.9. The fraction of sp³-hybridized carbons (Fsp3) is 0.455. The second-order valence-corrected chi connectivity index (χ2v) is 6.93. The first-order chi connectivity index (χ1) is 12.8. The topological polar surface area (TPSA) is 33.7 Å². The molecule has 0 atom stereocenters. The van der Waals surface area contributed by atoms with Gasteiger partial charge in [0.05, 0.1) is 14.2 Å². The predicted molar refractivity (Wildman–Crippen MR) is 106 cm³/mol. The maximum Gasteiger partial charge on any atom is 0.160 e. The van der Waals surface area contributed by atoms with Gasteiger partial charge in [0.15, 0.2) is 11.5 Å². The van der Waals surface area contributed by atoms with Crippen molar-refractivity contribution in [2.75, 3.05) is 33.9 Å². The maximum absolute atomic E-state index is 5.38. The SMILES string of the molecule is COc1ccc(CCNC2CCN(Cc3ccccc3)CC2)cc1OC. The Morgan fingerprint density at radius 1 is 0.923 bits per heavy atom. The number of hydrogen-bond donors (Lipinski definition) is 1. The van der Waals surface area contributed by atoms with Crippen molar-refractivity contribution in [3.8, 4) is 11.5 Å². The Bertz CT molecular complexity index is 667. The van der Waals surface area contributed by atoms with Gasteiger partial charge in [-0.05, 0) is 62.2 Å². The third-order valence-electron chi connectivity index (χ3n) is 5.13. The lowest BCUT2D eigenvalue weighted by atomic mass is 10.0. The quantitative estimate of drug-likeness (QED) is 0.787. The lowest BCUT2D eigenvalue weighted by Crippen LogP contribution is -2.42. The molecule has 140 valence electrons. The molecule has 2 aromatic carbocycles. The number of nitrogens with zero attached hydrogens (tertiary/aromatic N) is 1. The summed E-state index contributed by atoms with van der Waals surface area (Å²) in [5.74, 6) is 1.59. The minimum absolute atomic E-state index is 0.627. The zero-order valence-corrected chi connectivity index (χ0v) is 15.9. The molecule has 1 N–H and O–H groups in total. The number of methoxy groups -OCH3 is 2. The summed E-state index contributed by atoms with van der Waals surface area (Å²) in [5.41, 5.74) is 2.68. The van der Waals surface area contributed by atoms with E-state index in [1.54, 1.807) is 14.2 Å².